The third kappa shape index (κ3) is 6.75. The molecule has 2 aliphatic carbocycles. The van der Waals surface area contributed by atoms with Crippen molar-refractivity contribution in [3.05, 3.63) is 283 Å². The van der Waals surface area contributed by atoms with Gasteiger partial charge in [0.1, 0.15) is 22.3 Å². The van der Waals surface area contributed by atoms with E-state index in [0.29, 0.717) is 17.5 Å². The molecule has 350 valence electrons. The molecule has 3 aromatic heterocycles. The van der Waals surface area contributed by atoms with Crippen LogP contribution in [-0.2, 0) is 5.41 Å². The van der Waals surface area contributed by atoms with Gasteiger partial charge in [0.05, 0.1) is 5.41 Å². The van der Waals surface area contributed by atoms with Gasteiger partial charge in [-0.25, -0.2) is 15.0 Å². The van der Waals surface area contributed by atoms with Crippen LogP contribution in [0.5, 0.6) is 0 Å². The molecule has 0 atom stereocenters. The Morgan fingerprint density at radius 3 is 1.28 bits per heavy atom. The van der Waals surface area contributed by atoms with Crippen LogP contribution < -0.4 is 0 Å². The Kier molecular flexibility index (Phi) is 9.72. The number of rotatable bonds is 5. The highest BCUT2D eigenvalue weighted by Crippen LogP contribution is 2.62. The van der Waals surface area contributed by atoms with Gasteiger partial charge in [-0.05, 0) is 103 Å². The third-order valence-electron chi connectivity index (χ3n) is 15.3. The summed E-state index contributed by atoms with van der Waals surface area (Å²) >= 11 is 0. The molecule has 0 aliphatic heterocycles. The summed E-state index contributed by atoms with van der Waals surface area (Å²) in [5, 5.41) is 4.11. The summed E-state index contributed by atoms with van der Waals surface area (Å²) in [7, 11) is 0. The molecule has 75 heavy (non-hydrogen) atoms. The number of hydrogen-bond donors (Lipinski definition) is 0. The monoisotopic (exact) mass is 957 g/mol. The molecule has 16 rings (SSSR count). The predicted molar refractivity (Wildman–Crippen MR) is 304 cm³/mol. The molecule has 0 saturated heterocycles. The van der Waals surface area contributed by atoms with E-state index in [9.17, 15) is 0 Å². The fraction of sp³-hybridized carbons (Fsp3) is 0.0143. The van der Waals surface area contributed by atoms with E-state index in [1.165, 1.54) is 44.5 Å². The lowest BCUT2D eigenvalue weighted by atomic mass is 9.70. The van der Waals surface area contributed by atoms with Crippen LogP contribution in [0.3, 0.4) is 0 Å². The Hall–Kier alpha value is -9.97. The van der Waals surface area contributed by atoms with Crippen molar-refractivity contribution in [2.45, 2.75) is 5.41 Å². The molecule has 5 heteroatoms. The smallest absolute Gasteiger partial charge is 0.164 e. The van der Waals surface area contributed by atoms with Crippen molar-refractivity contribution < 1.29 is 8.83 Å². The number of hydrogen-bond acceptors (Lipinski definition) is 5. The largest absolute Gasteiger partial charge is 0.456 e. The SMILES string of the molecule is c1ccc(-c2ccc(-c3nc(-c4ccc5c(c4)oc4ccccc45)nc(-c4cccc5oc6ccc(-c7ccccc7)cc6c45)n3)cc2)cc1.c1ccc2c(c1)-c1ccccc1C21c2ccccc2-c2ccccc21. The molecule has 0 radical (unpaired) electrons. The van der Waals surface area contributed by atoms with Crippen molar-refractivity contribution >= 4 is 43.9 Å². The Balaban J connectivity index is 0.000000165. The van der Waals surface area contributed by atoms with Crippen LogP contribution in [0.4, 0.5) is 0 Å². The molecule has 11 aromatic carbocycles. The van der Waals surface area contributed by atoms with Crippen LogP contribution in [0.1, 0.15) is 22.3 Å². The number of benzene rings is 11. The molecule has 5 nitrogen and oxygen atoms in total. The maximum Gasteiger partial charge on any atom is 0.164 e. The summed E-state index contributed by atoms with van der Waals surface area (Å²) in [5.41, 5.74) is 21.3. The van der Waals surface area contributed by atoms with Gasteiger partial charge in [-0.15, -0.1) is 0 Å². The van der Waals surface area contributed by atoms with E-state index in [1.54, 1.807) is 0 Å². The van der Waals surface area contributed by atoms with Crippen molar-refractivity contribution in [3.63, 3.8) is 0 Å². The van der Waals surface area contributed by atoms with Gasteiger partial charge in [-0.3, -0.25) is 0 Å². The van der Waals surface area contributed by atoms with Gasteiger partial charge >= 0.3 is 0 Å². The van der Waals surface area contributed by atoms with Gasteiger partial charge in [0.15, 0.2) is 17.5 Å². The molecule has 2 aliphatic rings. The van der Waals surface area contributed by atoms with Crippen LogP contribution in [0, 0.1) is 0 Å². The van der Waals surface area contributed by atoms with Gasteiger partial charge < -0.3 is 8.83 Å². The first-order valence-electron chi connectivity index (χ1n) is 25.4. The zero-order chi connectivity index (χ0) is 49.5. The minimum atomic E-state index is -0.180. The summed E-state index contributed by atoms with van der Waals surface area (Å²) in [6, 6.07) is 91.5. The number of fused-ring (bicyclic) bond motifs is 16. The average Bonchev–Trinajstić information content (AvgIpc) is 4.24. The number of para-hydroxylation sites is 1. The van der Waals surface area contributed by atoms with Gasteiger partial charge in [0.2, 0.25) is 0 Å². The third-order valence-corrected chi connectivity index (χ3v) is 15.3. The Morgan fingerprint density at radius 2 is 0.653 bits per heavy atom. The second-order valence-corrected chi connectivity index (χ2v) is 19.3. The molecule has 3 heterocycles. The Labute approximate surface area is 432 Å². The van der Waals surface area contributed by atoms with Crippen molar-refractivity contribution in [3.8, 4) is 78.7 Å². The first-order chi connectivity index (χ1) is 37.2. The number of aromatic nitrogens is 3. The lowest BCUT2D eigenvalue weighted by Gasteiger charge is -2.30. The highest BCUT2D eigenvalue weighted by molar-refractivity contribution is 6.13. The molecular weight excluding hydrogens is 915 g/mol. The summed E-state index contributed by atoms with van der Waals surface area (Å²) in [6.07, 6.45) is 0. The lowest BCUT2D eigenvalue weighted by molar-refractivity contribution is 0.668. The average molecular weight is 958 g/mol. The summed E-state index contributed by atoms with van der Waals surface area (Å²) in [6.45, 7) is 0. The quantitative estimate of drug-likeness (QED) is 0.172. The topological polar surface area (TPSA) is 65.0 Å². The molecule has 1 spiro atoms. The van der Waals surface area contributed by atoms with E-state index in [2.05, 4.69) is 206 Å². The molecule has 0 saturated carbocycles. The fourth-order valence-corrected chi connectivity index (χ4v) is 11.9. The van der Waals surface area contributed by atoms with Gasteiger partial charge in [0, 0.05) is 38.2 Å². The molecule has 0 fully saturated rings. The Morgan fingerprint density at radius 1 is 0.240 bits per heavy atom. The number of furan rings is 2. The fourth-order valence-electron chi connectivity index (χ4n) is 11.9. The van der Waals surface area contributed by atoms with Crippen LogP contribution in [0.15, 0.2) is 270 Å². The van der Waals surface area contributed by atoms with Crippen LogP contribution in [0.2, 0.25) is 0 Å². The zero-order valence-electron chi connectivity index (χ0n) is 40.5. The highest BCUT2D eigenvalue weighted by atomic mass is 16.3. The zero-order valence-corrected chi connectivity index (χ0v) is 40.5. The van der Waals surface area contributed by atoms with E-state index >= 15 is 0 Å². The standard InChI is InChI=1S/C45H27N3O2.C25H16/c1-3-10-28(11-4-1)30-18-20-31(21-19-30)43-46-44(33-22-24-35-34-14-7-8-16-38(34)50-41(35)27-33)48-45(47-43)36-15-9-17-40-42(36)37-26-32(23-25-39(37)49-40)29-12-5-2-6-13-29;1-5-13-21-17(9-1)18-10-2-6-14-22(18)25(21)23-15-7-3-11-19(23)20-12-4-8-16-24(20)25/h1-27H;1-16H. The van der Waals surface area contributed by atoms with Crippen LogP contribution in [0.25, 0.3) is 123 Å². The summed E-state index contributed by atoms with van der Waals surface area (Å²) < 4.78 is 12.6. The van der Waals surface area contributed by atoms with Crippen molar-refractivity contribution in [1.29, 1.82) is 0 Å². The van der Waals surface area contributed by atoms with E-state index in [-0.39, 0.29) is 5.41 Å². The summed E-state index contributed by atoms with van der Waals surface area (Å²) in [4.78, 5) is 15.3. The molecule has 0 bridgehead atoms. The van der Waals surface area contributed by atoms with Crippen molar-refractivity contribution in [1.82, 2.24) is 15.0 Å². The first-order valence-corrected chi connectivity index (χ1v) is 25.4. The van der Waals surface area contributed by atoms with Crippen LogP contribution in [-0.4, -0.2) is 15.0 Å². The Bertz CT molecular complexity index is 4350. The minimum absolute atomic E-state index is 0.180. The van der Waals surface area contributed by atoms with Crippen molar-refractivity contribution in [2.75, 3.05) is 0 Å². The summed E-state index contributed by atoms with van der Waals surface area (Å²) in [5.74, 6) is 1.72. The van der Waals surface area contributed by atoms with Gasteiger partial charge in [0.25, 0.3) is 0 Å². The van der Waals surface area contributed by atoms with E-state index in [4.69, 9.17) is 23.8 Å². The maximum atomic E-state index is 6.38. The second-order valence-electron chi connectivity index (χ2n) is 19.3. The lowest BCUT2D eigenvalue weighted by Crippen LogP contribution is -2.25. The number of nitrogens with zero attached hydrogens (tertiary/aromatic N) is 3. The van der Waals surface area contributed by atoms with E-state index in [0.717, 1.165) is 82.8 Å². The molecule has 0 N–H and O–H groups in total. The van der Waals surface area contributed by atoms with E-state index in [1.807, 2.05) is 54.6 Å². The highest BCUT2D eigenvalue weighted by Gasteiger charge is 2.51. The molecule has 0 unspecified atom stereocenters. The van der Waals surface area contributed by atoms with E-state index < -0.39 is 0 Å². The van der Waals surface area contributed by atoms with Crippen molar-refractivity contribution in [2.24, 2.45) is 0 Å². The normalized spacial score (nSPS) is 12.6. The second kappa shape index (κ2) is 17.1. The minimum Gasteiger partial charge on any atom is -0.456 e. The van der Waals surface area contributed by atoms with Crippen LogP contribution >= 0.6 is 0 Å². The maximum absolute atomic E-state index is 6.38. The predicted octanol–water partition coefficient (Wildman–Crippen LogP) is 18.0. The molecule has 0 amide bonds. The van der Waals surface area contributed by atoms with Gasteiger partial charge in [-0.2, -0.15) is 0 Å². The molecular formula is C70H43N3O2. The molecule has 14 aromatic rings. The van der Waals surface area contributed by atoms with Gasteiger partial charge in [-0.1, -0.05) is 224 Å². The first kappa shape index (κ1) is 42.7.